The van der Waals surface area contributed by atoms with Crippen molar-refractivity contribution >= 4 is 6.09 Å². The summed E-state index contributed by atoms with van der Waals surface area (Å²) in [6.07, 6.45) is 4.62. The maximum Gasteiger partial charge on any atom is 0.410 e. The van der Waals surface area contributed by atoms with Crippen molar-refractivity contribution in [2.45, 2.75) is 71.1 Å². The monoisotopic (exact) mass is 282 g/mol. The lowest BCUT2D eigenvalue weighted by Gasteiger charge is -2.45. The van der Waals surface area contributed by atoms with E-state index in [-0.39, 0.29) is 11.6 Å². The molecule has 1 unspecified atom stereocenters. The lowest BCUT2D eigenvalue weighted by molar-refractivity contribution is -0.0108. The highest BCUT2D eigenvalue weighted by Gasteiger charge is 2.39. The number of piperidine rings is 1. The quantitative estimate of drug-likeness (QED) is 0.635. The fraction of sp³-hybridized carbons (Fsp3) is 0.812. The number of nitrogens with one attached hydrogen (secondary N) is 1. The smallest absolute Gasteiger partial charge is 0.410 e. The number of carbonyl (C=O) groups is 1. The number of ether oxygens (including phenoxy) is 1. The van der Waals surface area contributed by atoms with Gasteiger partial charge >= 0.3 is 6.09 Å². The minimum atomic E-state index is -0.438. The highest BCUT2D eigenvalue weighted by Crippen LogP contribution is 2.29. The van der Waals surface area contributed by atoms with Crippen LogP contribution in [0.2, 0.25) is 0 Å². The van der Waals surface area contributed by atoms with E-state index in [1.54, 1.807) is 0 Å². The van der Waals surface area contributed by atoms with E-state index in [0.717, 1.165) is 32.4 Å². The van der Waals surface area contributed by atoms with Crippen LogP contribution in [0.15, 0.2) is 12.7 Å². The Labute approximate surface area is 123 Å². The molecule has 1 rings (SSSR count). The maximum atomic E-state index is 12.3. The zero-order valence-corrected chi connectivity index (χ0v) is 13.7. The summed E-state index contributed by atoms with van der Waals surface area (Å²) in [5, 5.41) is 3.54. The van der Waals surface area contributed by atoms with Crippen LogP contribution in [0, 0.1) is 0 Å². The maximum absolute atomic E-state index is 12.3. The van der Waals surface area contributed by atoms with E-state index in [1.807, 2.05) is 31.7 Å². The molecule has 4 nitrogen and oxygen atoms in total. The first kappa shape index (κ1) is 17.0. The second-order valence-electron chi connectivity index (χ2n) is 7.17. The molecule has 1 fully saturated rings. The Morgan fingerprint density at radius 1 is 1.50 bits per heavy atom. The third-order valence-corrected chi connectivity index (χ3v) is 3.57. The number of nitrogens with zero attached hydrogens (tertiary/aromatic N) is 1. The average molecular weight is 282 g/mol. The molecule has 1 N–H and O–H groups in total. The summed E-state index contributed by atoms with van der Waals surface area (Å²) < 4.78 is 5.50. The fourth-order valence-electron chi connectivity index (χ4n) is 2.62. The summed E-state index contributed by atoms with van der Waals surface area (Å²) >= 11 is 0. The van der Waals surface area contributed by atoms with Gasteiger partial charge in [0, 0.05) is 18.1 Å². The van der Waals surface area contributed by atoms with Crippen molar-refractivity contribution in [1.29, 1.82) is 0 Å². The molecule has 0 aliphatic carbocycles. The predicted molar refractivity (Wildman–Crippen MR) is 82.9 cm³/mol. The first-order valence-electron chi connectivity index (χ1n) is 7.50. The molecule has 20 heavy (non-hydrogen) atoms. The minimum Gasteiger partial charge on any atom is -0.444 e. The van der Waals surface area contributed by atoms with Crippen molar-refractivity contribution < 1.29 is 9.53 Å². The zero-order valence-electron chi connectivity index (χ0n) is 13.7. The summed E-state index contributed by atoms with van der Waals surface area (Å²) in [5.41, 5.74) is -0.612. The van der Waals surface area contributed by atoms with Crippen LogP contribution in [0.4, 0.5) is 4.79 Å². The number of likely N-dealkylation sites (tertiary alicyclic amines) is 1. The van der Waals surface area contributed by atoms with E-state index in [2.05, 4.69) is 25.7 Å². The molecule has 0 aromatic heterocycles. The highest BCUT2D eigenvalue weighted by atomic mass is 16.6. The van der Waals surface area contributed by atoms with Gasteiger partial charge in [-0.2, -0.15) is 0 Å². The molecule has 1 heterocycles. The normalized spacial score (nSPS) is 22.4. The van der Waals surface area contributed by atoms with Crippen LogP contribution in [0.5, 0.6) is 0 Å². The van der Waals surface area contributed by atoms with Gasteiger partial charge in [0.05, 0.1) is 0 Å². The standard InChI is InChI=1S/C16H30N2O2/c1-7-8-10-17-13-9-11-18(16(5,6)12-13)14(19)20-15(2,3)4/h7,13,17H,1,8-12H2,2-6H3. The molecule has 4 heteroatoms. The number of rotatable bonds is 4. The Hall–Kier alpha value is -1.03. The van der Waals surface area contributed by atoms with E-state index in [0.29, 0.717) is 6.04 Å². The zero-order chi connectivity index (χ0) is 15.4. The van der Waals surface area contributed by atoms with Crippen LogP contribution in [0.1, 0.15) is 53.9 Å². The van der Waals surface area contributed by atoms with Crippen LogP contribution in [-0.4, -0.2) is 41.3 Å². The van der Waals surface area contributed by atoms with Crippen molar-refractivity contribution in [1.82, 2.24) is 10.2 Å². The Bertz CT molecular complexity index is 345. The third-order valence-electron chi connectivity index (χ3n) is 3.57. The summed E-state index contributed by atoms with van der Waals surface area (Å²) in [5.74, 6) is 0. The number of hydrogen-bond donors (Lipinski definition) is 1. The lowest BCUT2D eigenvalue weighted by Crippen LogP contribution is -2.57. The van der Waals surface area contributed by atoms with Gasteiger partial charge in [0.1, 0.15) is 5.60 Å². The molecule has 1 atom stereocenters. The van der Waals surface area contributed by atoms with Gasteiger partial charge in [-0.3, -0.25) is 0 Å². The molecule has 0 bridgehead atoms. The molecular weight excluding hydrogens is 252 g/mol. The molecule has 0 aromatic carbocycles. The number of hydrogen-bond acceptors (Lipinski definition) is 3. The highest BCUT2D eigenvalue weighted by molar-refractivity contribution is 5.69. The Morgan fingerprint density at radius 3 is 2.65 bits per heavy atom. The van der Waals surface area contributed by atoms with Crippen LogP contribution in [-0.2, 0) is 4.74 Å². The van der Waals surface area contributed by atoms with E-state index in [4.69, 9.17) is 4.74 Å². The SMILES string of the molecule is C=CCCNC1CCN(C(=O)OC(C)(C)C)C(C)(C)C1. The van der Waals surface area contributed by atoms with E-state index in [1.165, 1.54) is 0 Å². The molecule has 1 aliphatic rings. The lowest BCUT2D eigenvalue weighted by atomic mass is 9.87. The van der Waals surface area contributed by atoms with E-state index >= 15 is 0 Å². The van der Waals surface area contributed by atoms with Crippen molar-refractivity contribution in [3.05, 3.63) is 12.7 Å². The third kappa shape index (κ3) is 5.16. The number of carbonyl (C=O) groups excluding carboxylic acids is 1. The van der Waals surface area contributed by atoms with Gasteiger partial charge in [0.2, 0.25) is 0 Å². The van der Waals surface area contributed by atoms with Crippen molar-refractivity contribution in [3.63, 3.8) is 0 Å². The van der Waals surface area contributed by atoms with Crippen LogP contribution >= 0.6 is 0 Å². The van der Waals surface area contributed by atoms with Gasteiger partial charge in [-0.05, 0) is 60.4 Å². The van der Waals surface area contributed by atoms with Crippen molar-refractivity contribution in [2.24, 2.45) is 0 Å². The molecule has 0 radical (unpaired) electrons. The Balaban J connectivity index is 2.57. The predicted octanol–water partition coefficient (Wildman–Crippen LogP) is 3.33. The van der Waals surface area contributed by atoms with Crippen molar-refractivity contribution in [2.75, 3.05) is 13.1 Å². The van der Waals surface area contributed by atoms with Gasteiger partial charge in [0.25, 0.3) is 0 Å². The molecular formula is C16H30N2O2. The van der Waals surface area contributed by atoms with Gasteiger partial charge in [0.15, 0.2) is 0 Å². The summed E-state index contributed by atoms with van der Waals surface area (Å²) in [6, 6.07) is 0.462. The van der Waals surface area contributed by atoms with Gasteiger partial charge in [-0.15, -0.1) is 6.58 Å². The summed E-state index contributed by atoms with van der Waals surface area (Å²) in [6.45, 7) is 15.4. The van der Waals surface area contributed by atoms with Crippen LogP contribution in [0.25, 0.3) is 0 Å². The molecule has 0 saturated carbocycles. The Morgan fingerprint density at radius 2 is 2.15 bits per heavy atom. The molecule has 1 amide bonds. The molecule has 1 aliphatic heterocycles. The Kier molecular flexibility index (Phi) is 5.63. The summed E-state index contributed by atoms with van der Waals surface area (Å²) in [4.78, 5) is 14.1. The van der Waals surface area contributed by atoms with Crippen LogP contribution < -0.4 is 5.32 Å². The van der Waals surface area contributed by atoms with Crippen LogP contribution in [0.3, 0.4) is 0 Å². The van der Waals surface area contributed by atoms with E-state index in [9.17, 15) is 4.79 Å². The molecule has 1 saturated heterocycles. The first-order valence-corrected chi connectivity index (χ1v) is 7.50. The van der Waals surface area contributed by atoms with E-state index < -0.39 is 5.60 Å². The molecule has 0 spiro atoms. The second-order valence-corrected chi connectivity index (χ2v) is 7.17. The van der Waals surface area contributed by atoms with Gasteiger partial charge in [-0.1, -0.05) is 6.08 Å². The fourth-order valence-corrected chi connectivity index (χ4v) is 2.62. The average Bonchev–Trinajstić information content (AvgIpc) is 2.25. The second kappa shape index (κ2) is 6.61. The number of amides is 1. The minimum absolute atomic E-state index is 0.174. The topological polar surface area (TPSA) is 41.6 Å². The molecule has 0 aromatic rings. The summed E-state index contributed by atoms with van der Waals surface area (Å²) in [7, 11) is 0. The molecule has 116 valence electrons. The largest absolute Gasteiger partial charge is 0.444 e. The van der Waals surface area contributed by atoms with Gasteiger partial charge < -0.3 is 15.0 Å². The first-order chi connectivity index (χ1) is 9.15. The van der Waals surface area contributed by atoms with Crippen molar-refractivity contribution in [3.8, 4) is 0 Å². The van der Waals surface area contributed by atoms with Gasteiger partial charge in [-0.25, -0.2) is 4.79 Å².